The van der Waals surface area contributed by atoms with E-state index >= 15 is 0 Å². The molecular formula is C21H18Br2F6O. The predicted molar refractivity (Wildman–Crippen MR) is 110 cm³/mol. The van der Waals surface area contributed by atoms with E-state index in [2.05, 4.69) is 31.9 Å². The third kappa shape index (κ3) is 5.46. The third-order valence-corrected chi connectivity index (χ3v) is 6.25. The number of carbonyl (C=O) groups excluding carboxylic acids is 1. The van der Waals surface area contributed by atoms with Crippen LogP contribution in [0, 0.1) is 13.8 Å². The van der Waals surface area contributed by atoms with E-state index in [1.54, 1.807) is 13.8 Å². The average molecular weight is 560 g/mol. The van der Waals surface area contributed by atoms with E-state index in [4.69, 9.17) is 0 Å². The number of ketones is 1. The monoisotopic (exact) mass is 558 g/mol. The fraction of sp³-hybridized carbons (Fsp3) is 0.381. The van der Waals surface area contributed by atoms with Gasteiger partial charge in [0.05, 0.1) is 23.0 Å². The number of Topliss-reactive ketones (excluding diaryl/α,β-unsaturated/α-hetero) is 1. The number of rotatable bonds is 6. The van der Waals surface area contributed by atoms with Gasteiger partial charge in [-0.15, -0.1) is 0 Å². The Hall–Kier alpha value is -1.35. The van der Waals surface area contributed by atoms with Crippen LogP contribution < -0.4 is 0 Å². The highest BCUT2D eigenvalue weighted by atomic mass is 79.9. The molecule has 2 aromatic rings. The number of benzene rings is 2. The van der Waals surface area contributed by atoms with Crippen molar-refractivity contribution in [2.45, 2.75) is 38.0 Å². The molecular weight excluding hydrogens is 542 g/mol. The topological polar surface area (TPSA) is 17.1 Å². The Bertz CT molecular complexity index is 847. The minimum absolute atomic E-state index is 0.0372. The molecule has 2 unspecified atom stereocenters. The van der Waals surface area contributed by atoms with Crippen molar-refractivity contribution in [3.63, 3.8) is 0 Å². The van der Waals surface area contributed by atoms with Crippen LogP contribution in [0.3, 0.4) is 0 Å². The molecule has 164 valence electrons. The van der Waals surface area contributed by atoms with E-state index < -0.39 is 41.1 Å². The van der Waals surface area contributed by atoms with Crippen molar-refractivity contribution in [3.05, 3.63) is 69.8 Å². The van der Waals surface area contributed by atoms with Crippen LogP contribution in [0.1, 0.15) is 45.2 Å². The lowest BCUT2D eigenvalue weighted by atomic mass is 9.82. The molecule has 0 saturated carbocycles. The fourth-order valence-electron chi connectivity index (χ4n) is 3.25. The van der Waals surface area contributed by atoms with Gasteiger partial charge < -0.3 is 0 Å². The molecule has 1 nitrogen and oxygen atoms in total. The molecule has 30 heavy (non-hydrogen) atoms. The first-order chi connectivity index (χ1) is 13.8. The maximum atomic E-state index is 13.3. The molecule has 0 radical (unpaired) electrons. The van der Waals surface area contributed by atoms with Gasteiger partial charge in [-0.2, -0.15) is 26.3 Å². The van der Waals surface area contributed by atoms with E-state index in [9.17, 15) is 31.1 Å². The Balaban J connectivity index is 2.54. The first-order valence-electron chi connectivity index (χ1n) is 8.82. The normalized spacial score (nSPS) is 14.5. The molecule has 2 rings (SSSR count). The van der Waals surface area contributed by atoms with Crippen LogP contribution in [0.2, 0.25) is 0 Å². The van der Waals surface area contributed by atoms with Gasteiger partial charge in [-0.25, -0.2) is 0 Å². The SMILES string of the molecule is Cc1ccc(C(F)(F)F)cc1C(CBr)C(=O)C(CBr)c1cc(C(F)(F)F)ccc1C. The van der Waals surface area contributed by atoms with E-state index in [0.717, 1.165) is 24.3 Å². The Kier molecular flexibility index (Phi) is 7.83. The smallest absolute Gasteiger partial charge is 0.298 e. The van der Waals surface area contributed by atoms with Crippen molar-refractivity contribution in [2.75, 3.05) is 10.7 Å². The number of hydrogen-bond donors (Lipinski definition) is 0. The van der Waals surface area contributed by atoms with Gasteiger partial charge in [-0.3, -0.25) is 4.79 Å². The molecule has 0 aromatic heterocycles. The van der Waals surface area contributed by atoms with Crippen LogP contribution in [0.15, 0.2) is 36.4 Å². The van der Waals surface area contributed by atoms with Crippen molar-refractivity contribution in [1.82, 2.24) is 0 Å². The van der Waals surface area contributed by atoms with Crippen LogP contribution in [0.4, 0.5) is 26.3 Å². The molecule has 0 heterocycles. The van der Waals surface area contributed by atoms with Crippen molar-refractivity contribution in [1.29, 1.82) is 0 Å². The van der Waals surface area contributed by atoms with Crippen molar-refractivity contribution in [3.8, 4) is 0 Å². The fourth-order valence-corrected chi connectivity index (χ4v) is 4.59. The van der Waals surface area contributed by atoms with Crippen LogP contribution >= 0.6 is 31.9 Å². The molecule has 0 fully saturated rings. The summed E-state index contributed by atoms with van der Waals surface area (Å²) in [6, 6.07) is 6.33. The van der Waals surface area contributed by atoms with Gasteiger partial charge in [-0.1, -0.05) is 44.0 Å². The second kappa shape index (κ2) is 9.42. The molecule has 0 aliphatic rings. The third-order valence-electron chi connectivity index (χ3n) is 4.96. The Labute approximate surface area is 187 Å². The second-order valence-corrected chi connectivity index (χ2v) is 8.25. The number of halogens is 8. The lowest BCUT2D eigenvalue weighted by Gasteiger charge is -2.24. The molecule has 0 bridgehead atoms. The number of alkyl halides is 8. The molecule has 0 aliphatic carbocycles. The summed E-state index contributed by atoms with van der Waals surface area (Å²) < 4.78 is 78.9. The number of hydrogen-bond acceptors (Lipinski definition) is 1. The molecule has 0 amide bonds. The summed E-state index contributed by atoms with van der Waals surface area (Å²) in [4.78, 5) is 13.3. The number of aryl methyl sites for hydroxylation is 2. The second-order valence-electron chi connectivity index (χ2n) is 6.95. The zero-order valence-electron chi connectivity index (χ0n) is 16.0. The summed E-state index contributed by atoms with van der Waals surface area (Å²) in [6.45, 7) is 3.19. The molecule has 0 N–H and O–H groups in total. The highest BCUT2D eigenvalue weighted by Crippen LogP contribution is 2.38. The van der Waals surface area contributed by atoms with Crippen molar-refractivity contribution >= 4 is 37.6 Å². The molecule has 0 spiro atoms. The van der Waals surface area contributed by atoms with E-state index in [0.29, 0.717) is 11.1 Å². The number of carbonyl (C=O) groups is 1. The average Bonchev–Trinajstić information content (AvgIpc) is 2.64. The van der Waals surface area contributed by atoms with Gasteiger partial charge in [0.1, 0.15) is 5.78 Å². The minimum Gasteiger partial charge on any atom is -0.298 e. The molecule has 9 heteroatoms. The Morgan fingerprint density at radius 3 is 1.37 bits per heavy atom. The van der Waals surface area contributed by atoms with Gasteiger partial charge in [-0.05, 0) is 60.4 Å². The zero-order chi connectivity index (χ0) is 22.9. The largest absolute Gasteiger partial charge is 0.416 e. The zero-order valence-corrected chi connectivity index (χ0v) is 19.1. The molecule has 2 atom stereocenters. The standard InChI is InChI=1S/C21H18Br2F6O/c1-11-3-5-13(20(24,25)26)7-15(11)17(9-22)19(30)18(10-23)16-8-14(21(27,28)29)6-4-12(16)2/h3-8,17-18H,9-10H2,1-2H3. The maximum absolute atomic E-state index is 13.3. The van der Waals surface area contributed by atoms with Crippen LogP contribution in [-0.4, -0.2) is 16.4 Å². The first kappa shape index (κ1) is 24.9. The summed E-state index contributed by atoms with van der Waals surface area (Å²) in [6.07, 6.45) is -9.15. The van der Waals surface area contributed by atoms with E-state index in [-0.39, 0.29) is 21.8 Å². The molecule has 0 aliphatic heterocycles. The van der Waals surface area contributed by atoms with Gasteiger partial charge in [0, 0.05) is 10.7 Å². The highest BCUT2D eigenvalue weighted by Gasteiger charge is 2.36. The van der Waals surface area contributed by atoms with Crippen LogP contribution in [0.25, 0.3) is 0 Å². The van der Waals surface area contributed by atoms with Gasteiger partial charge >= 0.3 is 12.4 Å². The van der Waals surface area contributed by atoms with Crippen molar-refractivity contribution < 1.29 is 31.1 Å². The molecule has 0 saturated heterocycles. The van der Waals surface area contributed by atoms with Gasteiger partial charge in [0.15, 0.2) is 0 Å². The summed E-state index contributed by atoms with van der Waals surface area (Å²) in [5, 5.41) is 0.0744. The minimum atomic E-state index is -4.57. The summed E-state index contributed by atoms with van der Waals surface area (Å²) >= 11 is 6.40. The maximum Gasteiger partial charge on any atom is 0.416 e. The predicted octanol–water partition coefficient (Wildman–Crippen LogP) is 7.57. The Morgan fingerprint density at radius 2 is 1.10 bits per heavy atom. The first-order valence-corrected chi connectivity index (χ1v) is 11.1. The summed E-state index contributed by atoms with van der Waals surface area (Å²) in [5.41, 5.74) is -0.380. The van der Waals surface area contributed by atoms with Gasteiger partial charge in [0.2, 0.25) is 0 Å². The lowest BCUT2D eigenvalue weighted by molar-refractivity contribution is -0.138. The summed E-state index contributed by atoms with van der Waals surface area (Å²) in [7, 11) is 0. The van der Waals surface area contributed by atoms with Crippen LogP contribution in [-0.2, 0) is 17.1 Å². The lowest BCUT2D eigenvalue weighted by Crippen LogP contribution is -2.25. The summed E-state index contributed by atoms with van der Waals surface area (Å²) in [5.74, 6) is -2.37. The van der Waals surface area contributed by atoms with Crippen LogP contribution in [0.5, 0.6) is 0 Å². The quantitative estimate of drug-likeness (QED) is 0.263. The molecule has 2 aromatic carbocycles. The Morgan fingerprint density at radius 1 is 0.767 bits per heavy atom. The van der Waals surface area contributed by atoms with Gasteiger partial charge in [0.25, 0.3) is 0 Å². The van der Waals surface area contributed by atoms with E-state index in [1.807, 2.05) is 0 Å². The van der Waals surface area contributed by atoms with E-state index in [1.165, 1.54) is 12.1 Å². The highest BCUT2D eigenvalue weighted by molar-refractivity contribution is 9.09. The van der Waals surface area contributed by atoms with Crippen molar-refractivity contribution in [2.24, 2.45) is 0 Å².